The van der Waals surface area contributed by atoms with Gasteiger partial charge in [-0.05, 0) is 54.3 Å². The average Bonchev–Trinajstić information content (AvgIpc) is 3.40. The molecule has 1 aliphatic heterocycles. The van der Waals surface area contributed by atoms with Crippen molar-refractivity contribution in [3.8, 4) is 11.5 Å². The molecule has 4 rings (SSSR count). The van der Waals surface area contributed by atoms with Crippen LogP contribution >= 0.6 is 11.3 Å². The minimum Gasteiger partial charge on any atom is -0.507 e. The van der Waals surface area contributed by atoms with Crippen LogP contribution in [0.3, 0.4) is 0 Å². The number of ether oxygens (including phenoxy) is 2. The number of rotatable bonds is 5. The van der Waals surface area contributed by atoms with Crippen molar-refractivity contribution in [3.05, 3.63) is 81.6 Å². The molecule has 0 saturated carbocycles. The van der Waals surface area contributed by atoms with E-state index in [2.05, 4.69) is 0 Å². The Balaban J connectivity index is 1.92. The molecule has 0 radical (unpaired) electrons. The molecule has 158 valence electrons. The van der Waals surface area contributed by atoms with Crippen molar-refractivity contribution in [1.29, 1.82) is 0 Å². The first-order chi connectivity index (χ1) is 15.0. The topological polar surface area (TPSA) is 76.1 Å². The van der Waals surface area contributed by atoms with Crippen molar-refractivity contribution in [1.82, 2.24) is 0 Å². The lowest BCUT2D eigenvalue weighted by atomic mass is 9.97. The van der Waals surface area contributed by atoms with Crippen LogP contribution in [0.1, 0.15) is 22.0 Å². The lowest BCUT2D eigenvalue weighted by Gasteiger charge is -2.24. The quantitative estimate of drug-likeness (QED) is 0.357. The van der Waals surface area contributed by atoms with Crippen LogP contribution in [-0.2, 0) is 9.59 Å². The fraction of sp³-hybridized carbons (Fsp3) is 0.167. The Kier molecular flexibility index (Phi) is 5.52. The number of nitrogens with zero attached hydrogens (tertiary/aromatic N) is 1. The van der Waals surface area contributed by atoms with Gasteiger partial charge in [0.05, 0.1) is 19.8 Å². The molecule has 1 aromatic heterocycles. The van der Waals surface area contributed by atoms with Crippen LogP contribution in [0.5, 0.6) is 11.5 Å². The van der Waals surface area contributed by atoms with Crippen LogP contribution in [0.4, 0.5) is 5.69 Å². The van der Waals surface area contributed by atoms with Crippen molar-refractivity contribution in [2.75, 3.05) is 19.1 Å². The van der Waals surface area contributed by atoms with Gasteiger partial charge in [0.15, 0.2) is 0 Å². The maximum atomic E-state index is 13.1. The number of thiophene rings is 1. The summed E-state index contributed by atoms with van der Waals surface area (Å²) < 4.78 is 10.5. The zero-order valence-electron chi connectivity index (χ0n) is 17.3. The third-order valence-electron chi connectivity index (χ3n) is 5.28. The summed E-state index contributed by atoms with van der Waals surface area (Å²) >= 11 is 1.42. The third-order valence-corrected chi connectivity index (χ3v) is 6.20. The first kappa shape index (κ1) is 20.7. The molecule has 2 heterocycles. The summed E-state index contributed by atoms with van der Waals surface area (Å²) in [6.07, 6.45) is 0. The van der Waals surface area contributed by atoms with E-state index in [1.165, 1.54) is 23.3 Å². The van der Waals surface area contributed by atoms with E-state index in [4.69, 9.17) is 9.47 Å². The molecular weight excluding hydrogens is 414 g/mol. The second-order valence-corrected chi connectivity index (χ2v) is 8.05. The number of aliphatic hydroxyl groups is 1. The van der Waals surface area contributed by atoms with Gasteiger partial charge in [0.25, 0.3) is 11.7 Å². The van der Waals surface area contributed by atoms with Crippen LogP contribution in [-0.4, -0.2) is 31.0 Å². The van der Waals surface area contributed by atoms with Crippen LogP contribution in [0, 0.1) is 6.92 Å². The number of benzene rings is 2. The molecular formula is C24H21NO5S. The van der Waals surface area contributed by atoms with Gasteiger partial charge in [-0.1, -0.05) is 12.1 Å². The molecule has 1 N–H and O–H groups in total. The van der Waals surface area contributed by atoms with Gasteiger partial charge >= 0.3 is 0 Å². The standard InChI is InChI=1S/C24H21NO5S/c1-14-12-17(30-3)9-10-18(14)22(26)20-21(19-8-5-11-31-19)25(24(28)23(20)27)15-6-4-7-16(13-15)29-2/h4-13,21,26H,1-3H3/b22-20-. The predicted octanol–water partition coefficient (Wildman–Crippen LogP) is 4.70. The van der Waals surface area contributed by atoms with Crippen LogP contribution in [0.25, 0.3) is 5.76 Å². The maximum absolute atomic E-state index is 13.1. The second kappa shape index (κ2) is 8.28. The van der Waals surface area contributed by atoms with E-state index in [-0.39, 0.29) is 11.3 Å². The second-order valence-electron chi connectivity index (χ2n) is 7.07. The van der Waals surface area contributed by atoms with Gasteiger partial charge in [-0.2, -0.15) is 0 Å². The average molecular weight is 436 g/mol. The van der Waals surface area contributed by atoms with Gasteiger partial charge in [-0.25, -0.2) is 0 Å². The number of carbonyl (C=O) groups excluding carboxylic acids is 2. The summed E-state index contributed by atoms with van der Waals surface area (Å²) in [7, 11) is 3.10. The Morgan fingerprint density at radius 1 is 1.00 bits per heavy atom. The fourth-order valence-corrected chi connectivity index (χ4v) is 4.57. The summed E-state index contributed by atoms with van der Waals surface area (Å²) in [6, 6.07) is 15.1. The maximum Gasteiger partial charge on any atom is 0.300 e. The van der Waals surface area contributed by atoms with Crippen molar-refractivity contribution >= 4 is 34.5 Å². The van der Waals surface area contributed by atoms with E-state index >= 15 is 0 Å². The fourth-order valence-electron chi connectivity index (χ4n) is 3.75. The highest BCUT2D eigenvalue weighted by molar-refractivity contribution is 7.10. The van der Waals surface area contributed by atoms with Gasteiger partial charge in [-0.15, -0.1) is 11.3 Å². The summed E-state index contributed by atoms with van der Waals surface area (Å²) in [4.78, 5) is 28.4. The summed E-state index contributed by atoms with van der Waals surface area (Å²) in [6.45, 7) is 1.82. The van der Waals surface area contributed by atoms with Crippen molar-refractivity contribution < 1.29 is 24.2 Å². The van der Waals surface area contributed by atoms with Gasteiger partial charge in [0.2, 0.25) is 0 Å². The highest BCUT2D eigenvalue weighted by Gasteiger charge is 2.47. The van der Waals surface area contributed by atoms with E-state index in [9.17, 15) is 14.7 Å². The van der Waals surface area contributed by atoms with Gasteiger partial charge in [0.1, 0.15) is 23.3 Å². The Labute approximate surface area is 184 Å². The number of carbonyl (C=O) groups is 2. The smallest absolute Gasteiger partial charge is 0.300 e. The van der Waals surface area contributed by atoms with Crippen LogP contribution in [0.15, 0.2) is 65.6 Å². The van der Waals surface area contributed by atoms with Crippen molar-refractivity contribution in [3.63, 3.8) is 0 Å². The Bertz CT molecular complexity index is 1180. The molecule has 3 aromatic rings. The van der Waals surface area contributed by atoms with Crippen LogP contribution in [0.2, 0.25) is 0 Å². The monoisotopic (exact) mass is 435 g/mol. The first-order valence-corrected chi connectivity index (χ1v) is 10.5. The van der Waals surface area contributed by atoms with Crippen molar-refractivity contribution in [2.45, 2.75) is 13.0 Å². The first-order valence-electron chi connectivity index (χ1n) is 9.59. The normalized spacial score (nSPS) is 17.8. The number of Topliss-reactive ketones (excluding diaryl/α,β-unsaturated/α-hetero) is 1. The van der Waals surface area contributed by atoms with E-state index in [1.54, 1.807) is 49.6 Å². The van der Waals surface area contributed by atoms with E-state index in [0.717, 1.165) is 10.4 Å². The lowest BCUT2D eigenvalue weighted by molar-refractivity contribution is -0.132. The molecule has 1 saturated heterocycles. The number of amides is 1. The predicted molar refractivity (Wildman–Crippen MR) is 120 cm³/mol. The molecule has 7 heteroatoms. The number of hydrogen-bond acceptors (Lipinski definition) is 6. The number of aryl methyl sites for hydroxylation is 1. The SMILES string of the molecule is COc1cccc(N2C(=O)C(=O)/C(=C(\O)c3ccc(OC)cc3C)C2c2cccs2)c1. The highest BCUT2D eigenvalue weighted by atomic mass is 32.1. The zero-order chi connectivity index (χ0) is 22.1. The molecule has 1 amide bonds. The minimum atomic E-state index is -0.742. The number of methoxy groups -OCH3 is 2. The highest BCUT2D eigenvalue weighted by Crippen LogP contribution is 2.44. The van der Waals surface area contributed by atoms with Gasteiger partial charge in [-0.3, -0.25) is 14.5 Å². The Hall–Kier alpha value is -3.58. The van der Waals surface area contributed by atoms with E-state index in [0.29, 0.717) is 22.7 Å². The third kappa shape index (κ3) is 3.57. The summed E-state index contributed by atoms with van der Waals surface area (Å²) in [5.74, 6) is -0.424. The van der Waals surface area contributed by atoms with Crippen LogP contribution < -0.4 is 14.4 Å². The number of ketones is 1. The molecule has 1 fully saturated rings. The van der Waals surface area contributed by atoms with E-state index < -0.39 is 17.7 Å². The Morgan fingerprint density at radius 3 is 2.39 bits per heavy atom. The van der Waals surface area contributed by atoms with Gasteiger partial charge < -0.3 is 14.6 Å². The molecule has 0 bridgehead atoms. The lowest BCUT2D eigenvalue weighted by Crippen LogP contribution is -2.29. The molecule has 6 nitrogen and oxygen atoms in total. The molecule has 1 atom stereocenters. The summed E-state index contributed by atoms with van der Waals surface area (Å²) in [5.41, 5.74) is 1.79. The minimum absolute atomic E-state index is 0.0588. The van der Waals surface area contributed by atoms with Crippen molar-refractivity contribution in [2.24, 2.45) is 0 Å². The molecule has 0 spiro atoms. The van der Waals surface area contributed by atoms with E-state index in [1.807, 2.05) is 24.4 Å². The zero-order valence-corrected chi connectivity index (χ0v) is 18.1. The summed E-state index contributed by atoms with van der Waals surface area (Å²) in [5, 5.41) is 13.1. The molecule has 2 aromatic carbocycles. The molecule has 1 unspecified atom stereocenters. The number of anilines is 1. The molecule has 0 aliphatic carbocycles. The van der Waals surface area contributed by atoms with Gasteiger partial charge in [0, 0.05) is 22.2 Å². The number of hydrogen-bond donors (Lipinski definition) is 1. The molecule has 1 aliphatic rings. The number of aliphatic hydroxyl groups excluding tert-OH is 1. The Morgan fingerprint density at radius 2 is 1.74 bits per heavy atom. The molecule has 31 heavy (non-hydrogen) atoms. The largest absolute Gasteiger partial charge is 0.507 e.